The fourth-order valence-electron chi connectivity index (χ4n) is 2.29. The normalized spacial score (nSPS) is 21.6. The fraction of sp³-hybridized carbons (Fsp3) is 0.750. The van der Waals surface area contributed by atoms with Gasteiger partial charge in [-0.15, -0.1) is 0 Å². The maximum absolute atomic E-state index is 5.70. The second kappa shape index (κ2) is 6.81. The largest absolute Gasteiger partial charge is 0.376 e. The smallest absolute Gasteiger partial charge is 0.0979 e. The summed E-state index contributed by atoms with van der Waals surface area (Å²) in [4.78, 5) is 0. The number of nitrogens with two attached hydrogens (primary N) is 1. The summed E-state index contributed by atoms with van der Waals surface area (Å²) in [5.41, 5.74) is 5.02. The van der Waals surface area contributed by atoms with E-state index in [1.807, 2.05) is 11.7 Å². The molecule has 0 spiro atoms. The summed E-state index contributed by atoms with van der Waals surface area (Å²) >= 11 is 3.62. The molecule has 0 aliphatic carbocycles. The number of hydrogen-bond acceptors (Lipinski definition) is 5. The van der Waals surface area contributed by atoms with Gasteiger partial charge in [-0.3, -0.25) is 16.0 Å². The third kappa shape index (κ3) is 3.35. The third-order valence-electron chi connectivity index (χ3n) is 3.42. The lowest BCUT2D eigenvalue weighted by Gasteiger charge is -2.30. The summed E-state index contributed by atoms with van der Waals surface area (Å²) in [5, 5.41) is 4.49. The molecule has 2 heterocycles. The standard InChI is InChI=1S/C12H21BrN4O2/c1-3-8-12(13)10(17(2)16-8)6-9(15-14)11-7-18-4-5-19-11/h9,11,15H,3-7,14H2,1-2H3. The molecule has 1 aromatic heterocycles. The minimum Gasteiger partial charge on any atom is -0.376 e. The molecule has 0 saturated carbocycles. The molecule has 0 aromatic carbocycles. The molecular weight excluding hydrogens is 312 g/mol. The van der Waals surface area contributed by atoms with Crippen molar-refractivity contribution in [3.63, 3.8) is 0 Å². The Kier molecular flexibility index (Phi) is 5.35. The van der Waals surface area contributed by atoms with E-state index in [1.54, 1.807) is 0 Å². The van der Waals surface area contributed by atoms with Crippen LogP contribution in [0.4, 0.5) is 0 Å². The Morgan fingerprint density at radius 3 is 2.89 bits per heavy atom. The van der Waals surface area contributed by atoms with Crippen LogP contribution in [-0.2, 0) is 29.4 Å². The molecule has 0 amide bonds. The molecule has 2 atom stereocenters. The average molecular weight is 333 g/mol. The Bertz CT molecular complexity index is 418. The van der Waals surface area contributed by atoms with Crippen LogP contribution in [0.2, 0.25) is 0 Å². The zero-order valence-corrected chi connectivity index (χ0v) is 12.9. The average Bonchev–Trinajstić information content (AvgIpc) is 2.72. The number of hydrogen-bond donors (Lipinski definition) is 2. The van der Waals surface area contributed by atoms with Crippen LogP contribution in [0.25, 0.3) is 0 Å². The van der Waals surface area contributed by atoms with Crippen LogP contribution in [-0.4, -0.2) is 41.7 Å². The van der Waals surface area contributed by atoms with Crippen LogP contribution in [0.3, 0.4) is 0 Å². The number of nitrogens with zero attached hydrogens (tertiary/aromatic N) is 2. The van der Waals surface area contributed by atoms with Crippen molar-refractivity contribution < 1.29 is 9.47 Å². The van der Waals surface area contributed by atoms with E-state index in [9.17, 15) is 0 Å². The highest BCUT2D eigenvalue weighted by atomic mass is 79.9. The predicted molar refractivity (Wildman–Crippen MR) is 75.7 cm³/mol. The number of hydrazine groups is 1. The molecule has 1 aliphatic heterocycles. The monoisotopic (exact) mass is 332 g/mol. The van der Waals surface area contributed by atoms with E-state index < -0.39 is 0 Å². The van der Waals surface area contributed by atoms with Crippen molar-refractivity contribution >= 4 is 15.9 Å². The van der Waals surface area contributed by atoms with Crippen LogP contribution < -0.4 is 11.3 Å². The summed E-state index contributed by atoms with van der Waals surface area (Å²) < 4.78 is 14.1. The molecule has 0 bridgehead atoms. The highest BCUT2D eigenvalue weighted by molar-refractivity contribution is 9.10. The highest BCUT2D eigenvalue weighted by Gasteiger charge is 2.27. The molecule has 2 unspecified atom stereocenters. The maximum Gasteiger partial charge on any atom is 0.0979 e. The van der Waals surface area contributed by atoms with Gasteiger partial charge in [-0.25, -0.2) is 0 Å². The summed E-state index contributed by atoms with van der Waals surface area (Å²) in [7, 11) is 1.95. The van der Waals surface area contributed by atoms with E-state index in [0.717, 1.165) is 28.7 Å². The minimum absolute atomic E-state index is 0.0108. The van der Waals surface area contributed by atoms with E-state index in [-0.39, 0.29) is 12.1 Å². The summed E-state index contributed by atoms with van der Waals surface area (Å²) in [6, 6.07) is 0.0108. The van der Waals surface area contributed by atoms with Gasteiger partial charge in [0.1, 0.15) is 0 Å². The molecule has 108 valence electrons. The molecule has 19 heavy (non-hydrogen) atoms. The molecule has 3 N–H and O–H groups in total. The van der Waals surface area contributed by atoms with Crippen molar-refractivity contribution in [1.82, 2.24) is 15.2 Å². The van der Waals surface area contributed by atoms with Gasteiger partial charge < -0.3 is 9.47 Å². The quantitative estimate of drug-likeness (QED) is 0.608. The topological polar surface area (TPSA) is 74.3 Å². The Hall–Kier alpha value is -0.470. The predicted octanol–water partition coefficient (Wildman–Crippen LogP) is 0.535. The molecule has 1 fully saturated rings. The van der Waals surface area contributed by atoms with Gasteiger partial charge in [0.2, 0.25) is 0 Å². The lowest BCUT2D eigenvalue weighted by atomic mass is 10.1. The number of halogens is 1. The van der Waals surface area contributed by atoms with Gasteiger partial charge in [0.15, 0.2) is 0 Å². The molecular formula is C12H21BrN4O2. The van der Waals surface area contributed by atoms with E-state index >= 15 is 0 Å². The van der Waals surface area contributed by atoms with Crippen molar-refractivity contribution in [2.75, 3.05) is 19.8 Å². The van der Waals surface area contributed by atoms with Gasteiger partial charge in [-0.2, -0.15) is 5.10 Å². The van der Waals surface area contributed by atoms with Gasteiger partial charge in [-0.1, -0.05) is 6.92 Å². The second-order valence-corrected chi connectivity index (χ2v) is 5.44. The molecule has 1 aliphatic rings. The maximum atomic E-state index is 5.70. The summed E-state index contributed by atoms with van der Waals surface area (Å²) in [5.74, 6) is 5.66. The lowest BCUT2D eigenvalue weighted by molar-refractivity contribution is -0.101. The van der Waals surface area contributed by atoms with Crippen molar-refractivity contribution in [3.8, 4) is 0 Å². The molecule has 7 heteroatoms. The van der Waals surface area contributed by atoms with E-state index in [2.05, 4.69) is 33.4 Å². The van der Waals surface area contributed by atoms with Gasteiger partial charge in [-0.05, 0) is 22.4 Å². The Morgan fingerprint density at radius 1 is 1.58 bits per heavy atom. The van der Waals surface area contributed by atoms with Crippen LogP contribution in [0, 0.1) is 0 Å². The number of aryl methyl sites for hydroxylation is 2. The first-order valence-electron chi connectivity index (χ1n) is 6.53. The van der Waals surface area contributed by atoms with Crippen LogP contribution >= 0.6 is 15.9 Å². The van der Waals surface area contributed by atoms with Gasteiger partial charge in [0.05, 0.1) is 47.8 Å². The Labute approximate surface area is 121 Å². The van der Waals surface area contributed by atoms with E-state index in [0.29, 0.717) is 19.8 Å². The molecule has 1 aromatic rings. The zero-order chi connectivity index (χ0) is 13.8. The van der Waals surface area contributed by atoms with E-state index in [4.69, 9.17) is 15.3 Å². The van der Waals surface area contributed by atoms with Crippen molar-refractivity contribution in [2.45, 2.75) is 31.9 Å². The molecule has 6 nitrogen and oxygen atoms in total. The summed E-state index contributed by atoms with van der Waals surface area (Å²) in [6.07, 6.45) is 1.62. The summed E-state index contributed by atoms with van der Waals surface area (Å²) in [6.45, 7) is 3.94. The minimum atomic E-state index is -0.0226. The van der Waals surface area contributed by atoms with E-state index in [1.165, 1.54) is 0 Å². The van der Waals surface area contributed by atoms with Crippen molar-refractivity contribution in [3.05, 3.63) is 15.9 Å². The Balaban J connectivity index is 2.11. The molecule has 0 radical (unpaired) electrons. The van der Waals surface area contributed by atoms with Gasteiger partial charge >= 0.3 is 0 Å². The Morgan fingerprint density at radius 2 is 2.37 bits per heavy atom. The zero-order valence-electron chi connectivity index (χ0n) is 11.4. The fourth-order valence-corrected chi connectivity index (χ4v) is 3.06. The van der Waals surface area contributed by atoms with Gasteiger partial charge in [0, 0.05) is 13.5 Å². The van der Waals surface area contributed by atoms with Crippen molar-refractivity contribution in [1.29, 1.82) is 0 Å². The number of rotatable bonds is 5. The second-order valence-electron chi connectivity index (χ2n) is 4.65. The van der Waals surface area contributed by atoms with Crippen molar-refractivity contribution in [2.24, 2.45) is 12.9 Å². The SMILES string of the molecule is CCc1nn(C)c(CC(NN)C2COCCO2)c1Br. The number of aromatic nitrogens is 2. The lowest BCUT2D eigenvalue weighted by Crippen LogP contribution is -2.50. The molecule has 1 saturated heterocycles. The third-order valence-corrected chi connectivity index (χ3v) is 4.34. The first-order chi connectivity index (χ1) is 9.17. The molecule has 2 rings (SSSR count). The number of nitrogens with one attached hydrogen (secondary N) is 1. The van der Waals surface area contributed by atoms with Gasteiger partial charge in [0.25, 0.3) is 0 Å². The highest BCUT2D eigenvalue weighted by Crippen LogP contribution is 2.23. The first-order valence-corrected chi connectivity index (χ1v) is 7.32. The van der Waals surface area contributed by atoms with Crippen LogP contribution in [0.1, 0.15) is 18.3 Å². The van der Waals surface area contributed by atoms with Crippen LogP contribution in [0.15, 0.2) is 4.47 Å². The number of ether oxygens (including phenoxy) is 2. The first kappa shape index (κ1) is 14.9. The van der Waals surface area contributed by atoms with Crippen LogP contribution in [0.5, 0.6) is 0 Å².